The van der Waals surface area contributed by atoms with Crippen LogP contribution in [-0.4, -0.2) is 37.6 Å². The fourth-order valence-corrected chi connectivity index (χ4v) is 1.36. The molecule has 0 aromatic carbocycles. The molecule has 0 radical (unpaired) electrons. The number of rotatable bonds is 5. The fourth-order valence-electron chi connectivity index (χ4n) is 1.36. The first kappa shape index (κ1) is 8.75. The zero-order valence-corrected chi connectivity index (χ0v) is 7.34. The van der Waals surface area contributed by atoms with E-state index in [1.54, 1.807) is 0 Å². The first-order valence-corrected chi connectivity index (χ1v) is 4.40. The van der Waals surface area contributed by atoms with Crippen molar-refractivity contribution in [1.82, 2.24) is 10.2 Å². The van der Waals surface area contributed by atoms with Crippen molar-refractivity contribution in [2.24, 2.45) is 5.92 Å². The summed E-state index contributed by atoms with van der Waals surface area (Å²) < 4.78 is 0. The van der Waals surface area contributed by atoms with Gasteiger partial charge >= 0.3 is 0 Å². The highest BCUT2D eigenvalue weighted by Gasteiger charge is 2.18. The van der Waals surface area contributed by atoms with Gasteiger partial charge in [-0.3, -0.25) is 4.90 Å². The molecule has 2 nitrogen and oxygen atoms in total. The predicted molar refractivity (Wildman–Crippen MR) is 48.7 cm³/mol. The summed E-state index contributed by atoms with van der Waals surface area (Å²) in [6.07, 6.45) is 1.98. The van der Waals surface area contributed by atoms with Crippen molar-refractivity contribution in [2.75, 3.05) is 32.7 Å². The lowest BCUT2D eigenvalue weighted by Crippen LogP contribution is -2.48. The molecule has 0 aromatic rings. The van der Waals surface area contributed by atoms with Crippen LogP contribution in [0, 0.1) is 5.92 Å². The Bertz CT molecular complexity index is 119. The third kappa shape index (κ3) is 2.64. The Labute approximate surface area is 69.3 Å². The van der Waals surface area contributed by atoms with Crippen molar-refractivity contribution in [2.45, 2.75) is 6.92 Å². The van der Waals surface area contributed by atoms with E-state index in [1.807, 2.05) is 6.08 Å². The van der Waals surface area contributed by atoms with Crippen LogP contribution in [0.15, 0.2) is 12.7 Å². The van der Waals surface area contributed by atoms with Gasteiger partial charge < -0.3 is 5.32 Å². The molecule has 0 atom stereocenters. The summed E-state index contributed by atoms with van der Waals surface area (Å²) in [5.74, 6) is 0.884. The average Bonchev–Trinajstić information content (AvgIpc) is 1.94. The Morgan fingerprint density at radius 2 is 2.36 bits per heavy atom. The topological polar surface area (TPSA) is 15.3 Å². The van der Waals surface area contributed by atoms with Crippen LogP contribution in [-0.2, 0) is 0 Å². The van der Waals surface area contributed by atoms with Gasteiger partial charge in [0.1, 0.15) is 0 Å². The largest absolute Gasteiger partial charge is 0.316 e. The minimum Gasteiger partial charge on any atom is -0.316 e. The molecule has 2 heteroatoms. The molecule has 0 bridgehead atoms. The van der Waals surface area contributed by atoms with Gasteiger partial charge in [-0.05, 0) is 12.5 Å². The van der Waals surface area contributed by atoms with Gasteiger partial charge in [0.25, 0.3) is 0 Å². The van der Waals surface area contributed by atoms with E-state index < -0.39 is 0 Å². The lowest BCUT2D eigenvalue weighted by molar-refractivity contribution is 0.215. The Balaban J connectivity index is 2.13. The molecule has 0 saturated carbocycles. The highest BCUT2D eigenvalue weighted by Crippen LogP contribution is 2.05. The Hall–Kier alpha value is -0.340. The maximum absolute atomic E-state index is 3.74. The number of nitrogens with zero attached hydrogens (tertiary/aromatic N) is 1. The van der Waals surface area contributed by atoms with Crippen molar-refractivity contribution in [3.63, 3.8) is 0 Å². The number of hydrogen-bond acceptors (Lipinski definition) is 2. The van der Waals surface area contributed by atoms with Crippen molar-refractivity contribution < 1.29 is 0 Å². The quantitative estimate of drug-likeness (QED) is 0.587. The normalized spacial score (nSPS) is 18.4. The molecule has 64 valence electrons. The van der Waals surface area contributed by atoms with Crippen LogP contribution in [0.4, 0.5) is 0 Å². The minimum absolute atomic E-state index is 0.884. The second-order valence-corrected chi connectivity index (χ2v) is 3.17. The van der Waals surface area contributed by atoms with Crippen LogP contribution in [0.3, 0.4) is 0 Å². The van der Waals surface area contributed by atoms with Crippen LogP contribution in [0.1, 0.15) is 6.92 Å². The summed E-state index contributed by atoms with van der Waals surface area (Å²) in [5.41, 5.74) is 0. The predicted octanol–water partition coefficient (Wildman–Crippen LogP) is 0.714. The highest BCUT2D eigenvalue weighted by atomic mass is 15.1. The Kier molecular flexibility index (Phi) is 3.60. The number of nitrogens with one attached hydrogen (secondary N) is 1. The van der Waals surface area contributed by atoms with E-state index >= 15 is 0 Å². The second-order valence-electron chi connectivity index (χ2n) is 3.17. The third-order valence-electron chi connectivity index (χ3n) is 2.22. The fraction of sp³-hybridized carbons (Fsp3) is 0.778. The summed E-state index contributed by atoms with van der Waals surface area (Å²) >= 11 is 0. The summed E-state index contributed by atoms with van der Waals surface area (Å²) in [6, 6.07) is 0. The number of likely N-dealkylation sites (N-methyl/N-ethyl adjacent to an activating group) is 1. The summed E-state index contributed by atoms with van der Waals surface area (Å²) in [5, 5.41) is 3.28. The lowest BCUT2D eigenvalue weighted by Gasteiger charge is -2.32. The molecule has 0 amide bonds. The molecule has 1 rings (SSSR count). The highest BCUT2D eigenvalue weighted by molar-refractivity contribution is 4.80. The van der Waals surface area contributed by atoms with Crippen LogP contribution in [0.25, 0.3) is 0 Å². The van der Waals surface area contributed by atoms with E-state index in [0.29, 0.717) is 0 Å². The lowest BCUT2D eigenvalue weighted by atomic mass is 10.0. The van der Waals surface area contributed by atoms with Gasteiger partial charge in [-0.1, -0.05) is 13.0 Å². The van der Waals surface area contributed by atoms with Crippen molar-refractivity contribution in [3.8, 4) is 0 Å². The molecule has 1 saturated heterocycles. The van der Waals surface area contributed by atoms with E-state index in [9.17, 15) is 0 Å². The zero-order valence-electron chi connectivity index (χ0n) is 7.34. The van der Waals surface area contributed by atoms with Gasteiger partial charge in [0, 0.05) is 26.2 Å². The van der Waals surface area contributed by atoms with E-state index in [-0.39, 0.29) is 0 Å². The van der Waals surface area contributed by atoms with Gasteiger partial charge in [0.2, 0.25) is 0 Å². The molecular weight excluding hydrogens is 136 g/mol. The summed E-state index contributed by atoms with van der Waals surface area (Å²) in [6.45, 7) is 11.8. The van der Waals surface area contributed by atoms with Crippen LogP contribution >= 0.6 is 0 Å². The molecule has 1 aliphatic rings. The SMILES string of the molecule is C=CCN(CC)CC1CNC1. The van der Waals surface area contributed by atoms with Gasteiger partial charge in [-0.15, -0.1) is 6.58 Å². The van der Waals surface area contributed by atoms with Gasteiger partial charge in [0.05, 0.1) is 0 Å². The third-order valence-corrected chi connectivity index (χ3v) is 2.22. The Morgan fingerprint density at radius 1 is 1.64 bits per heavy atom. The molecule has 11 heavy (non-hydrogen) atoms. The first-order chi connectivity index (χ1) is 5.36. The van der Waals surface area contributed by atoms with E-state index in [2.05, 4.69) is 23.7 Å². The van der Waals surface area contributed by atoms with E-state index in [4.69, 9.17) is 0 Å². The van der Waals surface area contributed by atoms with Gasteiger partial charge in [-0.2, -0.15) is 0 Å². The van der Waals surface area contributed by atoms with E-state index in [0.717, 1.165) is 19.0 Å². The van der Waals surface area contributed by atoms with Crippen molar-refractivity contribution in [1.29, 1.82) is 0 Å². The molecule has 1 N–H and O–H groups in total. The van der Waals surface area contributed by atoms with Crippen molar-refractivity contribution in [3.05, 3.63) is 12.7 Å². The van der Waals surface area contributed by atoms with Crippen LogP contribution in [0.5, 0.6) is 0 Å². The smallest absolute Gasteiger partial charge is 0.0160 e. The molecular formula is C9H18N2. The maximum atomic E-state index is 3.74. The van der Waals surface area contributed by atoms with Crippen LogP contribution in [0.2, 0.25) is 0 Å². The molecule has 0 aliphatic carbocycles. The minimum atomic E-state index is 0.884. The molecule has 0 aromatic heterocycles. The molecule has 0 spiro atoms. The molecule has 1 heterocycles. The van der Waals surface area contributed by atoms with E-state index in [1.165, 1.54) is 19.6 Å². The van der Waals surface area contributed by atoms with Gasteiger partial charge in [0.15, 0.2) is 0 Å². The molecule has 1 fully saturated rings. The Morgan fingerprint density at radius 3 is 2.73 bits per heavy atom. The molecule has 1 aliphatic heterocycles. The standard InChI is InChI=1S/C9H18N2/c1-3-5-11(4-2)8-9-6-10-7-9/h3,9-10H,1,4-8H2,2H3. The zero-order chi connectivity index (χ0) is 8.10. The second kappa shape index (κ2) is 4.52. The summed E-state index contributed by atoms with van der Waals surface area (Å²) in [4.78, 5) is 2.43. The maximum Gasteiger partial charge on any atom is 0.0160 e. The van der Waals surface area contributed by atoms with Crippen molar-refractivity contribution >= 4 is 0 Å². The monoisotopic (exact) mass is 154 g/mol. The summed E-state index contributed by atoms with van der Waals surface area (Å²) in [7, 11) is 0. The number of hydrogen-bond donors (Lipinski definition) is 1. The molecule has 0 unspecified atom stereocenters. The average molecular weight is 154 g/mol. The first-order valence-electron chi connectivity index (χ1n) is 4.40. The van der Waals surface area contributed by atoms with Crippen LogP contribution < -0.4 is 5.32 Å². The van der Waals surface area contributed by atoms with Gasteiger partial charge in [-0.25, -0.2) is 0 Å².